The van der Waals surface area contributed by atoms with Crippen molar-refractivity contribution in [3.8, 4) is 46.0 Å². The summed E-state index contributed by atoms with van der Waals surface area (Å²) in [5.74, 6) is 5.61. The molecular formula is C46H58N4O8S2. The number of hydrogen-bond acceptors (Lipinski definition) is 10. The highest BCUT2D eigenvalue weighted by molar-refractivity contribution is 7.80. The zero-order valence-electron chi connectivity index (χ0n) is 36.0. The first-order valence-electron chi connectivity index (χ1n) is 20.2. The molecule has 4 aromatic carbocycles. The summed E-state index contributed by atoms with van der Waals surface area (Å²) in [5.41, 5.74) is 6.99. The van der Waals surface area contributed by atoms with Gasteiger partial charge in [-0.1, -0.05) is 12.1 Å². The fraction of sp³-hybridized carbons (Fsp3) is 0.435. The molecule has 60 heavy (non-hydrogen) atoms. The Balaban J connectivity index is 1.10. The van der Waals surface area contributed by atoms with Crippen LogP contribution in [0.2, 0.25) is 0 Å². The third-order valence-corrected chi connectivity index (χ3v) is 12.2. The van der Waals surface area contributed by atoms with Gasteiger partial charge in [0.2, 0.25) is 0 Å². The van der Waals surface area contributed by atoms with E-state index in [1.807, 2.05) is 24.3 Å². The highest BCUT2D eigenvalue weighted by Gasteiger charge is 2.33. The molecule has 0 aliphatic carbocycles. The van der Waals surface area contributed by atoms with Crippen LogP contribution in [0.1, 0.15) is 58.3 Å². The lowest BCUT2D eigenvalue weighted by Gasteiger charge is -2.40. The van der Waals surface area contributed by atoms with Gasteiger partial charge in [0, 0.05) is 26.2 Å². The SMILES string of the molecule is COc1ccc(CC2c3cc(OC)c(OC)cc3CCN2C(=S)NCCCCNC(=S)N2CCc3cc(OC)c(OC)cc3C2Cc2ccc(OC)c(OC)c2)cc1OC. The fourth-order valence-corrected chi connectivity index (χ4v) is 8.93. The summed E-state index contributed by atoms with van der Waals surface area (Å²) in [6.45, 7) is 2.99. The van der Waals surface area contributed by atoms with E-state index in [1.165, 1.54) is 11.1 Å². The second-order valence-corrected chi connectivity index (χ2v) is 15.5. The van der Waals surface area contributed by atoms with Gasteiger partial charge in [0.05, 0.1) is 69.0 Å². The number of methoxy groups -OCH3 is 8. The first-order valence-corrected chi connectivity index (χ1v) is 21.0. The van der Waals surface area contributed by atoms with Crippen LogP contribution in [0.15, 0.2) is 60.7 Å². The normalized spacial score (nSPS) is 15.5. The summed E-state index contributed by atoms with van der Waals surface area (Å²) in [6.07, 6.45) is 4.88. The van der Waals surface area contributed by atoms with Crippen LogP contribution in [0.4, 0.5) is 0 Å². The number of benzene rings is 4. The maximum Gasteiger partial charge on any atom is 0.169 e. The van der Waals surface area contributed by atoms with E-state index >= 15 is 0 Å². The molecule has 0 radical (unpaired) electrons. The molecule has 14 heteroatoms. The van der Waals surface area contributed by atoms with Crippen molar-refractivity contribution in [3.05, 3.63) is 94.0 Å². The number of nitrogens with one attached hydrogen (secondary N) is 2. The molecular weight excluding hydrogens is 801 g/mol. The van der Waals surface area contributed by atoms with E-state index in [0.29, 0.717) is 47.3 Å². The van der Waals surface area contributed by atoms with E-state index in [0.717, 1.165) is 95.8 Å². The van der Waals surface area contributed by atoms with Crippen molar-refractivity contribution in [2.24, 2.45) is 0 Å². The van der Waals surface area contributed by atoms with Crippen LogP contribution in [0.5, 0.6) is 46.0 Å². The first-order chi connectivity index (χ1) is 29.2. The zero-order valence-corrected chi connectivity index (χ0v) is 37.6. The minimum absolute atomic E-state index is 0.0339. The molecule has 322 valence electrons. The number of unbranched alkanes of at least 4 members (excludes halogenated alkanes) is 1. The van der Waals surface area contributed by atoms with E-state index in [4.69, 9.17) is 62.3 Å². The Hall–Kier alpha value is -5.34. The predicted molar refractivity (Wildman–Crippen MR) is 242 cm³/mol. The number of rotatable bonds is 17. The van der Waals surface area contributed by atoms with Crippen LogP contribution in [0.25, 0.3) is 0 Å². The fourth-order valence-electron chi connectivity index (χ4n) is 8.29. The molecule has 0 amide bonds. The second-order valence-electron chi connectivity index (χ2n) is 14.7. The highest BCUT2D eigenvalue weighted by Crippen LogP contribution is 2.42. The van der Waals surface area contributed by atoms with Crippen molar-refractivity contribution in [1.82, 2.24) is 20.4 Å². The van der Waals surface area contributed by atoms with Gasteiger partial charge >= 0.3 is 0 Å². The lowest BCUT2D eigenvalue weighted by atomic mass is 9.88. The van der Waals surface area contributed by atoms with Gasteiger partial charge in [-0.15, -0.1) is 0 Å². The third-order valence-electron chi connectivity index (χ3n) is 11.4. The number of thiocarbonyl (C=S) groups is 2. The molecule has 2 aliphatic rings. The average Bonchev–Trinajstić information content (AvgIpc) is 3.28. The standard InChI is InChI=1S/C46H58N4O8S2/c1-51-37-13-11-29(23-39(37)53-3)21-35-33-27-43(57-7)41(55-5)25-31(33)15-19-49(35)45(59)47-17-9-10-18-48-46(60)50-20-16-32-26-42(56-6)44(58-8)28-34(32)36(50)22-30-12-14-38(52-2)40(24-30)54-4/h11-14,23-28,35-36H,9-10,15-22H2,1-8H3,(H,47,59)(H,48,60). The lowest BCUT2D eigenvalue weighted by molar-refractivity contribution is 0.287. The summed E-state index contributed by atoms with van der Waals surface area (Å²) in [6, 6.07) is 20.4. The first kappa shape index (κ1) is 44.2. The van der Waals surface area contributed by atoms with Gasteiger partial charge < -0.3 is 58.3 Å². The Kier molecular flexibility index (Phi) is 15.3. The smallest absolute Gasteiger partial charge is 0.169 e. The van der Waals surface area contributed by atoms with Crippen molar-refractivity contribution in [1.29, 1.82) is 0 Å². The average molecular weight is 859 g/mol. The number of ether oxygens (including phenoxy) is 8. The summed E-state index contributed by atoms with van der Waals surface area (Å²) < 4.78 is 45.1. The Morgan fingerprint density at radius 2 is 0.817 bits per heavy atom. The minimum Gasteiger partial charge on any atom is -0.493 e. The van der Waals surface area contributed by atoms with Gasteiger partial charge in [0.25, 0.3) is 0 Å². The second kappa shape index (κ2) is 20.8. The third kappa shape index (κ3) is 9.82. The molecule has 2 atom stereocenters. The number of fused-ring (bicyclic) bond motifs is 2. The van der Waals surface area contributed by atoms with Crippen LogP contribution < -0.4 is 48.5 Å². The van der Waals surface area contributed by atoms with Gasteiger partial charge in [0.1, 0.15) is 0 Å². The van der Waals surface area contributed by atoms with Crippen molar-refractivity contribution >= 4 is 34.7 Å². The Labute approximate surface area is 365 Å². The summed E-state index contributed by atoms with van der Waals surface area (Å²) >= 11 is 12.2. The van der Waals surface area contributed by atoms with E-state index in [9.17, 15) is 0 Å². The molecule has 2 heterocycles. The van der Waals surface area contributed by atoms with Crippen molar-refractivity contribution < 1.29 is 37.9 Å². The summed E-state index contributed by atoms with van der Waals surface area (Å²) in [4.78, 5) is 4.59. The van der Waals surface area contributed by atoms with Gasteiger partial charge in [-0.2, -0.15) is 0 Å². The van der Waals surface area contributed by atoms with Crippen molar-refractivity contribution in [3.63, 3.8) is 0 Å². The van der Waals surface area contributed by atoms with Gasteiger partial charge in [0.15, 0.2) is 56.2 Å². The number of hydrogen-bond donors (Lipinski definition) is 2. The monoisotopic (exact) mass is 858 g/mol. The maximum absolute atomic E-state index is 6.10. The van der Waals surface area contributed by atoms with Gasteiger partial charge in [-0.3, -0.25) is 0 Å². The molecule has 2 N–H and O–H groups in total. The van der Waals surface area contributed by atoms with Crippen LogP contribution in [-0.4, -0.2) is 103 Å². The largest absolute Gasteiger partial charge is 0.493 e. The van der Waals surface area contributed by atoms with E-state index in [1.54, 1.807) is 56.9 Å². The van der Waals surface area contributed by atoms with Crippen LogP contribution >= 0.6 is 24.4 Å². The van der Waals surface area contributed by atoms with Gasteiger partial charge in [-0.25, -0.2) is 0 Å². The van der Waals surface area contributed by atoms with Crippen LogP contribution in [-0.2, 0) is 25.7 Å². The predicted octanol–water partition coefficient (Wildman–Crippen LogP) is 7.27. The van der Waals surface area contributed by atoms with E-state index in [2.05, 4.69) is 56.8 Å². The Morgan fingerprint density at radius 3 is 1.17 bits per heavy atom. The van der Waals surface area contributed by atoms with Crippen molar-refractivity contribution in [2.75, 3.05) is 83.1 Å². The lowest BCUT2D eigenvalue weighted by Crippen LogP contribution is -2.47. The molecule has 4 aromatic rings. The summed E-state index contributed by atoms with van der Waals surface area (Å²) in [5, 5.41) is 8.59. The molecule has 2 aliphatic heterocycles. The maximum atomic E-state index is 6.10. The van der Waals surface area contributed by atoms with Crippen LogP contribution in [0.3, 0.4) is 0 Å². The molecule has 0 fully saturated rings. The van der Waals surface area contributed by atoms with E-state index in [-0.39, 0.29) is 12.1 Å². The zero-order chi connectivity index (χ0) is 42.8. The van der Waals surface area contributed by atoms with E-state index < -0.39 is 0 Å². The quantitative estimate of drug-likeness (QED) is 0.0822. The Morgan fingerprint density at radius 1 is 0.483 bits per heavy atom. The molecule has 12 nitrogen and oxygen atoms in total. The number of nitrogens with zero attached hydrogens (tertiary/aromatic N) is 2. The molecule has 0 aromatic heterocycles. The Bertz CT molecular complexity index is 1990. The topological polar surface area (TPSA) is 104 Å². The van der Waals surface area contributed by atoms with Crippen molar-refractivity contribution in [2.45, 2.75) is 50.6 Å². The molecule has 2 unspecified atom stereocenters. The minimum atomic E-state index is -0.0339. The molecule has 0 saturated carbocycles. The molecule has 0 saturated heterocycles. The molecule has 6 rings (SSSR count). The van der Waals surface area contributed by atoms with Crippen LogP contribution in [0, 0.1) is 0 Å². The summed E-state index contributed by atoms with van der Waals surface area (Å²) in [7, 11) is 13.3. The highest BCUT2D eigenvalue weighted by atomic mass is 32.1. The van der Waals surface area contributed by atoms with Gasteiger partial charge in [-0.05, 0) is 145 Å². The molecule has 0 spiro atoms. The molecule has 0 bridgehead atoms.